The van der Waals surface area contributed by atoms with Gasteiger partial charge in [0.1, 0.15) is 0 Å². The summed E-state index contributed by atoms with van der Waals surface area (Å²) in [7, 11) is 0. The van der Waals surface area contributed by atoms with Gasteiger partial charge in [-0.1, -0.05) is 6.92 Å². The summed E-state index contributed by atoms with van der Waals surface area (Å²) in [6.07, 6.45) is 2.75. The third kappa shape index (κ3) is 2.97. The van der Waals surface area contributed by atoms with Crippen LogP contribution in [0, 0.1) is 0 Å². The minimum absolute atomic E-state index is 0.0228. The number of nitrogens with one attached hydrogen (secondary N) is 2. The number of aliphatic hydroxyl groups is 1. The summed E-state index contributed by atoms with van der Waals surface area (Å²) in [6.45, 7) is 2.90. The van der Waals surface area contributed by atoms with Crippen molar-refractivity contribution in [1.29, 1.82) is 0 Å². The zero-order valence-electron chi connectivity index (χ0n) is 8.05. The van der Waals surface area contributed by atoms with E-state index in [0.717, 1.165) is 25.8 Å². The molecule has 1 aliphatic heterocycles. The predicted molar refractivity (Wildman–Crippen MR) is 50.3 cm³/mol. The van der Waals surface area contributed by atoms with Crippen LogP contribution in [0.25, 0.3) is 0 Å². The van der Waals surface area contributed by atoms with E-state index in [1.165, 1.54) is 0 Å². The van der Waals surface area contributed by atoms with Crippen molar-refractivity contribution in [2.45, 2.75) is 38.3 Å². The molecular weight excluding hydrogens is 168 g/mol. The predicted octanol–water partition coefficient (Wildman–Crippen LogP) is -0.374. The largest absolute Gasteiger partial charge is 0.394 e. The van der Waals surface area contributed by atoms with Crippen LogP contribution in [-0.4, -0.2) is 36.2 Å². The Morgan fingerprint density at radius 3 is 3.00 bits per heavy atom. The summed E-state index contributed by atoms with van der Waals surface area (Å²) in [4.78, 5) is 11.5. The van der Waals surface area contributed by atoms with Gasteiger partial charge in [0.25, 0.3) is 0 Å². The fourth-order valence-corrected chi connectivity index (χ4v) is 1.49. The van der Waals surface area contributed by atoms with Crippen molar-refractivity contribution in [3.8, 4) is 0 Å². The molecular formula is C9H18N2O2. The summed E-state index contributed by atoms with van der Waals surface area (Å²) < 4.78 is 0. The van der Waals surface area contributed by atoms with Crippen molar-refractivity contribution >= 4 is 5.91 Å². The normalized spacial score (nSPS) is 24.3. The van der Waals surface area contributed by atoms with Gasteiger partial charge in [-0.05, 0) is 25.8 Å². The lowest BCUT2D eigenvalue weighted by molar-refractivity contribution is -0.123. The Morgan fingerprint density at radius 2 is 2.54 bits per heavy atom. The molecule has 0 aliphatic carbocycles. The lowest BCUT2D eigenvalue weighted by Crippen LogP contribution is -2.46. The van der Waals surface area contributed by atoms with Gasteiger partial charge in [0, 0.05) is 0 Å². The number of aliphatic hydroxyl groups excluding tert-OH is 1. The second-order valence-corrected chi connectivity index (χ2v) is 3.45. The van der Waals surface area contributed by atoms with Crippen LogP contribution in [0.4, 0.5) is 0 Å². The number of hydrogen-bond donors (Lipinski definition) is 3. The quantitative estimate of drug-likeness (QED) is 0.561. The van der Waals surface area contributed by atoms with Gasteiger partial charge < -0.3 is 15.7 Å². The summed E-state index contributed by atoms with van der Waals surface area (Å²) in [6, 6.07) is -0.129. The highest BCUT2D eigenvalue weighted by atomic mass is 16.3. The van der Waals surface area contributed by atoms with Crippen LogP contribution >= 0.6 is 0 Å². The van der Waals surface area contributed by atoms with Gasteiger partial charge in [0.2, 0.25) is 5.91 Å². The topological polar surface area (TPSA) is 61.4 Å². The van der Waals surface area contributed by atoms with Gasteiger partial charge >= 0.3 is 0 Å². The molecule has 4 heteroatoms. The molecule has 0 aromatic rings. The second-order valence-electron chi connectivity index (χ2n) is 3.45. The van der Waals surface area contributed by atoms with Crippen molar-refractivity contribution in [1.82, 2.24) is 10.6 Å². The van der Waals surface area contributed by atoms with E-state index in [9.17, 15) is 4.79 Å². The summed E-state index contributed by atoms with van der Waals surface area (Å²) in [5, 5.41) is 14.8. The second kappa shape index (κ2) is 5.19. The van der Waals surface area contributed by atoms with E-state index < -0.39 is 0 Å². The molecule has 0 saturated carbocycles. The maximum atomic E-state index is 11.5. The first kappa shape index (κ1) is 10.5. The molecule has 1 fully saturated rings. The first-order valence-electron chi connectivity index (χ1n) is 4.92. The molecule has 0 bridgehead atoms. The highest BCUT2D eigenvalue weighted by molar-refractivity contribution is 5.82. The third-order valence-electron chi connectivity index (χ3n) is 2.44. The summed E-state index contributed by atoms with van der Waals surface area (Å²) in [5.41, 5.74) is 0. The maximum absolute atomic E-state index is 11.5. The highest BCUT2D eigenvalue weighted by Crippen LogP contribution is 2.05. The number of hydrogen-bond acceptors (Lipinski definition) is 3. The Labute approximate surface area is 78.7 Å². The monoisotopic (exact) mass is 186 g/mol. The van der Waals surface area contributed by atoms with E-state index in [4.69, 9.17) is 5.11 Å². The zero-order chi connectivity index (χ0) is 9.68. The summed E-state index contributed by atoms with van der Waals surface area (Å²) in [5.74, 6) is 0.0263. The van der Waals surface area contributed by atoms with Crippen LogP contribution < -0.4 is 10.6 Å². The smallest absolute Gasteiger partial charge is 0.237 e. The third-order valence-corrected chi connectivity index (χ3v) is 2.44. The number of carbonyl (C=O) groups excluding carboxylic acids is 1. The average molecular weight is 186 g/mol. The number of carbonyl (C=O) groups is 1. The Kier molecular flexibility index (Phi) is 4.18. The lowest BCUT2D eigenvalue weighted by Gasteiger charge is -2.17. The van der Waals surface area contributed by atoms with Gasteiger partial charge in [-0.25, -0.2) is 0 Å². The van der Waals surface area contributed by atoms with Gasteiger partial charge in [-0.2, -0.15) is 0 Å². The molecule has 13 heavy (non-hydrogen) atoms. The molecule has 1 saturated heterocycles. The van der Waals surface area contributed by atoms with Crippen molar-refractivity contribution < 1.29 is 9.90 Å². The maximum Gasteiger partial charge on any atom is 0.237 e. The van der Waals surface area contributed by atoms with Gasteiger partial charge in [0.15, 0.2) is 0 Å². The molecule has 0 aromatic carbocycles. The Bertz CT molecular complexity index is 163. The van der Waals surface area contributed by atoms with Crippen molar-refractivity contribution in [2.75, 3.05) is 13.2 Å². The van der Waals surface area contributed by atoms with E-state index in [-0.39, 0.29) is 24.6 Å². The number of rotatable bonds is 4. The molecule has 1 amide bonds. The van der Waals surface area contributed by atoms with Crippen LogP contribution in [0.5, 0.6) is 0 Å². The van der Waals surface area contributed by atoms with Gasteiger partial charge in [0.05, 0.1) is 18.7 Å². The molecule has 1 rings (SSSR count). The van der Waals surface area contributed by atoms with Crippen LogP contribution in [0.3, 0.4) is 0 Å². The van der Waals surface area contributed by atoms with Crippen molar-refractivity contribution in [2.24, 2.45) is 0 Å². The van der Waals surface area contributed by atoms with Crippen LogP contribution in [0.15, 0.2) is 0 Å². The highest BCUT2D eigenvalue weighted by Gasteiger charge is 2.23. The average Bonchev–Trinajstić information content (AvgIpc) is 2.66. The first-order valence-corrected chi connectivity index (χ1v) is 4.92. The molecule has 4 nitrogen and oxygen atoms in total. The van der Waals surface area contributed by atoms with E-state index in [1.807, 2.05) is 6.92 Å². The molecule has 3 N–H and O–H groups in total. The minimum atomic E-state index is -0.0881. The summed E-state index contributed by atoms with van der Waals surface area (Å²) >= 11 is 0. The molecule has 1 aliphatic rings. The van der Waals surface area contributed by atoms with Crippen LogP contribution in [0.2, 0.25) is 0 Å². The molecule has 0 radical (unpaired) electrons. The molecule has 2 atom stereocenters. The van der Waals surface area contributed by atoms with Crippen LogP contribution in [0.1, 0.15) is 26.2 Å². The molecule has 1 unspecified atom stereocenters. The van der Waals surface area contributed by atoms with E-state index >= 15 is 0 Å². The molecule has 76 valence electrons. The Hall–Kier alpha value is -0.610. The molecule has 1 heterocycles. The van der Waals surface area contributed by atoms with Gasteiger partial charge in [-0.15, -0.1) is 0 Å². The Balaban J connectivity index is 2.30. The van der Waals surface area contributed by atoms with Crippen LogP contribution in [-0.2, 0) is 4.79 Å². The molecule has 0 aromatic heterocycles. The minimum Gasteiger partial charge on any atom is -0.394 e. The van der Waals surface area contributed by atoms with E-state index in [1.54, 1.807) is 0 Å². The van der Waals surface area contributed by atoms with Gasteiger partial charge in [-0.3, -0.25) is 4.79 Å². The SMILES string of the molecule is CCC(CO)NC(=O)[C@@H]1CCCN1. The fourth-order valence-electron chi connectivity index (χ4n) is 1.49. The van der Waals surface area contributed by atoms with E-state index in [2.05, 4.69) is 10.6 Å². The lowest BCUT2D eigenvalue weighted by atomic mass is 10.2. The van der Waals surface area contributed by atoms with Crippen molar-refractivity contribution in [3.63, 3.8) is 0 Å². The fraction of sp³-hybridized carbons (Fsp3) is 0.889. The molecule has 0 spiro atoms. The standard InChI is InChI=1S/C9H18N2O2/c1-2-7(6-12)11-9(13)8-4-3-5-10-8/h7-8,10,12H,2-6H2,1H3,(H,11,13)/t7?,8-/m0/s1. The Morgan fingerprint density at radius 1 is 1.77 bits per heavy atom. The van der Waals surface area contributed by atoms with E-state index in [0.29, 0.717) is 0 Å². The number of amides is 1. The van der Waals surface area contributed by atoms with Crippen molar-refractivity contribution in [3.05, 3.63) is 0 Å². The zero-order valence-corrected chi connectivity index (χ0v) is 8.05. The first-order chi connectivity index (χ1) is 6.27.